The van der Waals surface area contributed by atoms with Crippen LogP contribution >= 0.6 is 0 Å². The normalized spacial score (nSPS) is 14.9. The minimum atomic E-state index is -3.54. The molecule has 0 saturated carbocycles. The number of hydrogen-bond acceptors (Lipinski definition) is 4. The van der Waals surface area contributed by atoms with Gasteiger partial charge in [0.1, 0.15) is 16.5 Å². The zero-order valence-corrected chi connectivity index (χ0v) is 12.9. The summed E-state index contributed by atoms with van der Waals surface area (Å²) in [6, 6.07) is 7.65. The van der Waals surface area contributed by atoms with Gasteiger partial charge >= 0.3 is 0 Å². The molecule has 2 unspecified atom stereocenters. The molecule has 2 atom stereocenters. The summed E-state index contributed by atoms with van der Waals surface area (Å²) < 4.78 is 42.0. The van der Waals surface area contributed by atoms with Crippen LogP contribution in [0.2, 0.25) is 0 Å². The smallest absolute Gasteiger partial charge is 0.178 e. The number of hydrogen-bond donors (Lipinski definition) is 1. The molecule has 1 heterocycles. The van der Waals surface area contributed by atoms with Crippen LogP contribution in [0.5, 0.6) is 0 Å². The van der Waals surface area contributed by atoms with E-state index in [1.54, 1.807) is 18.4 Å². The zero-order chi connectivity index (χ0) is 15.6. The number of rotatable bonds is 5. The van der Waals surface area contributed by atoms with E-state index in [4.69, 9.17) is 4.42 Å². The van der Waals surface area contributed by atoms with Crippen molar-refractivity contribution in [2.24, 2.45) is 0 Å². The maximum atomic E-state index is 13.9. The Morgan fingerprint density at radius 3 is 2.43 bits per heavy atom. The monoisotopic (exact) mass is 311 g/mol. The average molecular weight is 311 g/mol. The first-order valence-corrected chi connectivity index (χ1v) is 8.47. The molecule has 1 aromatic heterocycles. The van der Waals surface area contributed by atoms with Gasteiger partial charge in [0, 0.05) is 12.3 Å². The highest BCUT2D eigenvalue weighted by molar-refractivity contribution is 7.90. The van der Waals surface area contributed by atoms with Crippen molar-refractivity contribution in [2.75, 3.05) is 6.26 Å². The van der Waals surface area contributed by atoms with Gasteiger partial charge in [0.2, 0.25) is 0 Å². The van der Waals surface area contributed by atoms with E-state index in [-0.39, 0.29) is 17.0 Å². The van der Waals surface area contributed by atoms with Gasteiger partial charge in [-0.3, -0.25) is 0 Å². The summed E-state index contributed by atoms with van der Waals surface area (Å²) in [5.41, 5.74) is 0.679. The molecule has 114 valence electrons. The Balaban J connectivity index is 2.17. The quantitative estimate of drug-likeness (QED) is 0.921. The third kappa shape index (κ3) is 3.71. The van der Waals surface area contributed by atoms with E-state index in [9.17, 15) is 12.8 Å². The van der Waals surface area contributed by atoms with E-state index in [0.717, 1.165) is 12.0 Å². The number of sulfone groups is 1. The summed E-state index contributed by atoms with van der Waals surface area (Å²) in [4.78, 5) is -0.280. The summed E-state index contributed by atoms with van der Waals surface area (Å²) in [6.07, 6.45) is 2.59. The van der Waals surface area contributed by atoms with Crippen LogP contribution in [0.25, 0.3) is 0 Å². The van der Waals surface area contributed by atoms with Gasteiger partial charge in [0.15, 0.2) is 9.84 Å². The molecule has 1 N–H and O–H groups in total. The first kappa shape index (κ1) is 15.7. The topological polar surface area (TPSA) is 59.3 Å². The molecule has 0 bridgehead atoms. The van der Waals surface area contributed by atoms with Crippen LogP contribution in [0, 0.1) is 5.82 Å². The Bertz CT molecular complexity index is 711. The predicted octanol–water partition coefficient (Wildman–Crippen LogP) is 3.23. The standard InChI is InChI=1S/C15H18FNO3S/c1-10(17-11(2)14-5-4-8-20-14)12-6-7-15(13(16)9-12)21(3,18)19/h4-11,17H,1-3H3. The van der Waals surface area contributed by atoms with Crippen LogP contribution in [0.4, 0.5) is 4.39 Å². The van der Waals surface area contributed by atoms with Crippen molar-refractivity contribution in [3.8, 4) is 0 Å². The van der Waals surface area contributed by atoms with Crippen LogP contribution in [0.1, 0.15) is 37.3 Å². The van der Waals surface area contributed by atoms with Crippen molar-refractivity contribution >= 4 is 9.84 Å². The molecular formula is C15H18FNO3S. The lowest BCUT2D eigenvalue weighted by Gasteiger charge is -2.19. The highest BCUT2D eigenvalue weighted by atomic mass is 32.2. The van der Waals surface area contributed by atoms with Crippen molar-refractivity contribution in [1.29, 1.82) is 0 Å². The van der Waals surface area contributed by atoms with E-state index in [2.05, 4.69) is 5.32 Å². The van der Waals surface area contributed by atoms with Crippen LogP contribution < -0.4 is 5.32 Å². The van der Waals surface area contributed by atoms with Gasteiger partial charge in [-0.25, -0.2) is 12.8 Å². The lowest BCUT2D eigenvalue weighted by Crippen LogP contribution is -2.22. The van der Waals surface area contributed by atoms with E-state index in [1.165, 1.54) is 12.1 Å². The minimum absolute atomic E-state index is 0.0346. The van der Waals surface area contributed by atoms with E-state index >= 15 is 0 Å². The summed E-state index contributed by atoms with van der Waals surface area (Å²) in [6.45, 7) is 3.82. The fourth-order valence-electron chi connectivity index (χ4n) is 2.18. The molecule has 2 rings (SSSR count). The molecule has 2 aromatic rings. The van der Waals surface area contributed by atoms with Crippen molar-refractivity contribution in [2.45, 2.75) is 30.8 Å². The van der Waals surface area contributed by atoms with Crippen molar-refractivity contribution in [3.05, 3.63) is 53.7 Å². The highest BCUT2D eigenvalue weighted by Crippen LogP contribution is 2.23. The summed E-state index contributed by atoms with van der Waals surface area (Å²) in [7, 11) is -3.54. The van der Waals surface area contributed by atoms with Crippen LogP contribution in [-0.2, 0) is 9.84 Å². The third-order valence-corrected chi connectivity index (χ3v) is 4.46. The second kappa shape index (κ2) is 5.99. The van der Waals surface area contributed by atoms with Gasteiger partial charge in [-0.15, -0.1) is 0 Å². The first-order chi connectivity index (χ1) is 9.79. The van der Waals surface area contributed by atoms with Crippen LogP contribution in [0.3, 0.4) is 0 Å². The third-order valence-electron chi connectivity index (χ3n) is 3.33. The fourth-order valence-corrected chi connectivity index (χ4v) is 2.91. The van der Waals surface area contributed by atoms with Crippen molar-refractivity contribution < 1.29 is 17.2 Å². The predicted molar refractivity (Wildman–Crippen MR) is 78.2 cm³/mol. The molecule has 6 heteroatoms. The first-order valence-electron chi connectivity index (χ1n) is 6.58. The number of furan rings is 1. The number of halogens is 1. The van der Waals surface area contributed by atoms with Gasteiger partial charge in [-0.2, -0.15) is 0 Å². The summed E-state index contributed by atoms with van der Waals surface area (Å²) in [5, 5.41) is 3.27. The highest BCUT2D eigenvalue weighted by Gasteiger charge is 2.17. The van der Waals surface area contributed by atoms with Crippen LogP contribution in [0.15, 0.2) is 45.9 Å². The Kier molecular flexibility index (Phi) is 4.49. The average Bonchev–Trinajstić information content (AvgIpc) is 2.90. The number of nitrogens with one attached hydrogen (secondary N) is 1. The largest absolute Gasteiger partial charge is 0.468 e. The Hall–Kier alpha value is -1.66. The van der Waals surface area contributed by atoms with Crippen LogP contribution in [-0.4, -0.2) is 14.7 Å². The molecule has 0 radical (unpaired) electrons. The Morgan fingerprint density at radius 2 is 1.90 bits per heavy atom. The molecule has 0 aliphatic rings. The van der Waals surface area contributed by atoms with E-state index in [0.29, 0.717) is 5.56 Å². The van der Waals surface area contributed by atoms with E-state index < -0.39 is 15.7 Å². The molecule has 0 spiro atoms. The molecule has 0 fully saturated rings. The molecule has 0 aliphatic carbocycles. The van der Waals surface area contributed by atoms with Gasteiger partial charge < -0.3 is 9.73 Å². The molecule has 0 aliphatic heterocycles. The van der Waals surface area contributed by atoms with Gasteiger partial charge in [0.25, 0.3) is 0 Å². The van der Waals surface area contributed by atoms with Gasteiger partial charge in [0.05, 0.1) is 12.3 Å². The second-order valence-corrected chi connectivity index (χ2v) is 7.07. The molecule has 4 nitrogen and oxygen atoms in total. The SMILES string of the molecule is CC(NC(C)c1ccco1)c1ccc(S(C)(=O)=O)c(F)c1. The molecule has 0 amide bonds. The molecular weight excluding hydrogens is 293 g/mol. The zero-order valence-electron chi connectivity index (χ0n) is 12.1. The molecule has 21 heavy (non-hydrogen) atoms. The van der Waals surface area contributed by atoms with Crippen molar-refractivity contribution in [1.82, 2.24) is 5.32 Å². The second-order valence-electron chi connectivity index (χ2n) is 5.09. The fraction of sp³-hybridized carbons (Fsp3) is 0.333. The van der Waals surface area contributed by atoms with Crippen molar-refractivity contribution in [3.63, 3.8) is 0 Å². The lowest BCUT2D eigenvalue weighted by molar-refractivity contribution is 0.402. The molecule has 1 aromatic carbocycles. The van der Waals surface area contributed by atoms with Gasteiger partial charge in [-0.1, -0.05) is 6.07 Å². The Labute approximate surface area is 123 Å². The maximum Gasteiger partial charge on any atom is 0.178 e. The van der Waals surface area contributed by atoms with E-state index in [1.807, 2.05) is 19.9 Å². The summed E-state index contributed by atoms with van der Waals surface area (Å²) in [5.74, 6) is 0.0596. The maximum absolute atomic E-state index is 13.9. The van der Waals surface area contributed by atoms with Gasteiger partial charge in [-0.05, 0) is 43.7 Å². The lowest BCUT2D eigenvalue weighted by atomic mass is 10.1. The summed E-state index contributed by atoms with van der Waals surface area (Å²) >= 11 is 0. The molecule has 0 saturated heterocycles. The Morgan fingerprint density at radius 1 is 1.19 bits per heavy atom. The minimum Gasteiger partial charge on any atom is -0.468 e. The number of benzene rings is 1.